The molecule has 10 heteroatoms. The molecule has 0 bridgehead atoms. The Kier molecular flexibility index (Phi) is 73.2. The van der Waals surface area contributed by atoms with E-state index in [1.807, 2.05) is 21.1 Å². The maximum Gasteiger partial charge on any atom is 0.472 e. The lowest BCUT2D eigenvalue weighted by atomic mass is 10.0. The monoisotopic (exact) mass is 1360 g/mol. The van der Waals surface area contributed by atoms with Gasteiger partial charge < -0.3 is 18.9 Å². The first-order valence-corrected chi connectivity index (χ1v) is 42.1. The predicted octanol–water partition coefficient (Wildman–Crippen LogP) is 27.2. The third-order valence-electron chi connectivity index (χ3n) is 17.8. The quantitative estimate of drug-likeness (QED) is 0.0211. The lowest BCUT2D eigenvalue weighted by Crippen LogP contribution is -2.37. The van der Waals surface area contributed by atoms with Gasteiger partial charge in [0, 0.05) is 12.8 Å². The van der Waals surface area contributed by atoms with Gasteiger partial charge in [-0.1, -0.05) is 367 Å². The average molecular weight is 1360 g/mol. The highest BCUT2D eigenvalue weighted by molar-refractivity contribution is 7.47. The number of nitrogens with zero attached hydrogens (tertiary/aromatic N) is 1. The second-order valence-electron chi connectivity index (χ2n) is 28.4. The lowest BCUT2D eigenvalue weighted by Gasteiger charge is -2.24. The molecular formula is C86H155NO8P+. The van der Waals surface area contributed by atoms with Crippen LogP contribution in [0.5, 0.6) is 0 Å². The van der Waals surface area contributed by atoms with Crippen LogP contribution in [0.4, 0.5) is 0 Å². The van der Waals surface area contributed by atoms with Gasteiger partial charge in [-0.05, 0) is 103 Å². The van der Waals surface area contributed by atoms with Crippen LogP contribution < -0.4 is 0 Å². The maximum absolute atomic E-state index is 12.9. The SMILES string of the molecule is CC/C=C\C/C=C\C/C=C\C/C=C\C/C=C\C/C=C\C/C=C\CCCCCCCCCCCCCCCCCCCC(=O)OC(COC(=O)CCCCCCCCCCCCCCCCCCCCCCC/C=C\C/C=C\CCCCCCC)COP(=O)(O)OCC[N+](C)(C)C. The summed E-state index contributed by atoms with van der Waals surface area (Å²) in [6, 6.07) is 0. The Morgan fingerprint density at radius 1 is 0.333 bits per heavy atom. The molecule has 0 amide bonds. The van der Waals surface area contributed by atoms with Gasteiger partial charge in [-0.2, -0.15) is 0 Å². The molecule has 0 radical (unpaired) electrons. The number of rotatable bonds is 75. The molecule has 0 spiro atoms. The summed E-state index contributed by atoms with van der Waals surface area (Å²) in [5.74, 6) is -0.782. The van der Waals surface area contributed by atoms with Gasteiger partial charge in [0.05, 0.1) is 27.7 Å². The minimum Gasteiger partial charge on any atom is -0.462 e. The van der Waals surface area contributed by atoms with Gasteiger partial charge in [-0.25, -0.2) is 4.57 Å². The van der Waals surface area contributed by atoms with Gasteiger partial charge in [0.25, 0.3) is 0 Å². The topological polar surface area (TPSA) is 108 Å². The smallest absolute Gasteiger partial charge is 0.462 e. The van der Waals surface area contributed by atoms with E-state index < -0.39 is 26.5 Å². The van der Waals surface area contributed by atoms with Crippen LogP contribution in [0.2, 0.25) is 0 Å². The van der Waals surface area contributed by atoms with Crippen molar-refractivity contribution in [2.75, 3.05) is 47.5 Å². The van der Waals surface area contributed by atoms with E-state index in [4.69, 9.17) is 18.5 Å². The minimum atomic E-state index is -4.40. The van der Waals surface area contributed by atoms with Crippen molar-refractivity contribution in [3.8, 4) is 0 Å². The molecule has 0 aromatic carbocycles. The number of unbranched alkanes of at least 4 members (excludes halogenated alkanes) is 43. The number of ether oxygens (including phenoxy) is 2. The molecule has 0 saturated heterocycles. The molecule has 556 valence electrons. The Bertz CT molecular complexity index is 1990. The van der Waals surface area contributed by atoms with Crippen LogP contribution >= 0.6 is 7.82 Å². The number of likely N-dealkylation sites (N-methyl/N-ethyl adjacent to an activating group) is 1. The van der Waals surface area contributed by atoms with Gasteiger partial charge in [-0.15, -0.1) is 0 Å². The number of phosphoric acid groups is 1. The zero-order chi connectivity index (χ0) is 69.7. The van der Waals surface area contributed by atoms with E-state index in [2.05, 4.69) is 123 Å². The van der Waals surface area contributed by atoms with Crippen molar-refractivity contribution in [3.05, 3.63) is 109 Å². The Labute approximate surface area is 595 Å². The van der Waals surface area contributed by atoms with Crippen molar-refractivity contribution in [1.29, 1.82) is 0 Å². The van der Waals surface area contributed by atoms with Crippen molar-refractivity contribution in [2.45, 2.75) is 380 Å². The standard InChI is InChI=1S/C86H154NO8P/c1-6-8-10-12-14-16-18-20-22-24-26-28-30-32-34-36-38-40-41-42-43-44-45-47-49-51-53-55-57-59-61-63-65-67-69-71-73-75-77-79-86(89)95-84(83-94-96(90,91)93-81-80-87(3,4)5)82-92-85(88)78-76-74-72-70-68-66-64-62-60-58-56-54-52-50-48-46-39-37-35-33-31-29-27-25-23-21-19-17-15-13-11-9-7-2/h8,10,14,16,19-22,25-28,32,34,38,40,42-43,84H,6-7,9,11-13,15,17-18,23-24,29-31,33,35-37,39,41,44-83H2,1-5H3/p+1/b10-8-,16-14-,21-19-,22-20-,27-25-,28-26-,34-32-,40-38-,43-42-. The van der Waals surface area contributed by atoms with Crippen LogP contribution in [0.1, 0.15) is 373 Å². The Balaban J connectivity index is 3.95. The number of carbonyl (C=O) groups excluding carboxylic acids is 2. The number of allylic oxidation sites excluding steroid dienone is 18. The molecule has 1 N–H and O–H groups in total. The number of hydrogen-bond donors (Lipinski definition) is 1. The molecule has 0 heterocycles. The maximum atomic E-state index is 12.9. The number of phosphoric ester groups is 1. The third-order valence-corrected chi connectivity index (χ3v) is 18.8. The zero-order valence-electron chi connectivity index (χ0n) is 63.6. The number of esters is 2. The Hall–Kier alpha value is -3.33. The third kappa shape index (κ3) is 79.7. The summed E-state index contributed by atoms with van der Waals surface area (Å²) in [5.41, 5.74) is 0. The summed E-state index contributed by atoms with van der Waals surface area (Å²) in [6.07, 6.45) is 108. The fourth-order valence-electron chi connectivity index (χ4n) is 11.6. The predicted molar refractivity (Wildman–Crippen MR) is 418 cm³/mol. The van der Waals surface area contributed by atoms with Crippen molar-refractivity contribution in [2.24, 2.45) is 0 Å². The molecule has 0 aliphatic rings. The fraction of sp³-hybridized carbons (Fsp3) is 0.767. The lowest BCUT2D eigenvalue weighted by molar-refractivity contribution is -0.870. The highest BCUT2D eigenvalue weighted by Crippen LogP contribution is 2.43. The summed E-state index contributed by atoms with van der Waals surface area (Å²) >= 11 is 0. The van der Waals surface area contributed by atoms with E-state index in [1.165, 1.54) is 257 Å². The fourth-order valence-corrected chi connectivity index (χ4v) is 12.4. The molecule has 0 aliphatic carbocycles. The molecule has 0 aromatic rings. The molecule has 0 fully saturated rings. The van der Waals surface area contributed by atoms with Crippen molar-refractivity contribution >= 4 is 19.8 Å². The first kappa shape index (κ1) is 92.7. The largest absolute Gasteiger partial charge is 0.472 e. The van der Waals surface area contributed by atoms with Gasteiger partial charge >= 0.3 is 19.8 Å². The minimum absolute atomic E-state index is 0.0309. The second-order valence-corrected chi connectivity index (χ2v) is 29.9. The Morgan fingerprint density at radius 2 is 0.594 bits per heavy atom. The zero-order valence-corrected chi connectivity index (χ0v) is 64.5. The number of hydrogen-bond acceptors (Lipinski definition) is 7. The summed E-state index contributed by atoms with van der Waals surface area (Å²) in [7, 11) is 1.49. The summed E-state index contributed by atoms with van der Waals surface area (Å²) in [4.78, 5) is 36.0. The second kappa shape index (κ2) is 75.9. The van der Waals surface area contributed by atoms with Crippen molar-refractivity contribution < 1.29 is 42.1 Å². The van der Waals surface area contributed by atoms with E-state index in [-0.39, 0.29) is 25.6 Å². The molecule has 96 heavy (non-hydrogen) atoms. The average Bonchev–Trinajstić information content (AvgIpc) is 1.98. The molecule has 9 nitrogen and oxygen atoms in total. The highest BCUT2D eigenvalue weighted by atomic mass is 31.2. The van der Waals surface area contributed by atoms with E-state index in [0.29, 0.717) is 23.9 Å². The molecule has 2 atom stereocenters. The molecule has 0 aromatic heterocycles. The van der Waals surface area contributed by atoms with E-state index in [9.17, 15) is 19.0 Å². The van der Waals surface area contributed by atoms with E-state index >= 15 is 0 Å². The van der Waals surface area contributed by atoms with Crippen LogP contribution in [0.3, 0.4) is 0 Å². The first-order valence-electron chi connectivity index (χ1n) is 40.6. The normalized spacial score (nSPS) is 13.6. The number of carbonyl (C=O) groups is 2. The molecule has 0 aliphatic heterocycles. The number of quaternary nitrogens is 1. The first-order chi connectivity index (χ1) is 47.0. The molecular weight excluding hydrogens is 1210 g/mol. The van der Waals surface area contributed by atoms with Crippen molar-refractivity contribution in [3.63, 3.8) is 0 Å². The van der Waals surface area contributed by atoms with Crippen LogP contribution in [-0.2, 0) is 32.7 Å². The van der Waals surface area contributed by atoms with Crippen LogP contribution in [0, 0.1) is 0 Å². The van der Waals surface area contributed by atoms with E-state index in [0.717, 1.165) is 83.5 Å². The highest BCUT2D eigenvalue weighted by Gasteiger charge is 2.27. The summed E-state index contributed by atoms with van der Waals surface area (Å²) < 4.78 is 34.8. The van der Waals surface area contributed by atoms with Gasteiger partial charge in [0.2, 0.25) is 0 Å². The van der Waals surface area contributed by atoms with Gasteiger partial charge in [-0.3, -0.25) is 18.6 Å². The summed E-state index contributed by atoms with van der Waals surface area (Å²) in [5, 5.41) is 0. The van der Waals surface area contributed by atoms with Crippen LogP contribution in [0.25, 0.3) is 0 Å². The summed E-state index contributed by atoms with van der Waals surface area (Å²) in [6.45, 7) is 4.36. The van der Waals surface area contributed by atoms with Crippen molar-refractivity contribution in [1.82, 2.24) is 0 Å². The molecule has 2 unspecified atom stereocenters. The van der Waals surface area contributed by atoms with Crippen LogP contribution in [-0.4, -0.2) is 74.9 Å². The molecule has 0 saturated carbocycles. The van der Waals surface area contributed by atoms with Gasteiger partial charge in [0.15, 0.2) is 6.10 Å². The van der Waals surface area contributed by atoms with Crippen LogP contribution in [0.15, 0.2) is 109 Å². The molecule has 0 rings (SSSR count). The Morgan fingerprint density at radius 3 is 0.885 bits per heavy atom. The van der Waals surface area contributed by atoms with Gasteiger partial charge in [0.1, 0.15) is 19.8 Å². The van der Waals surface area contributed by atoms with E-state index in [1.54, 1.807) is 0 Å².